The van der Waals surface area contributed by atoms with Crippen molar-refractivity contribution in [2.75, 3.05) is 13.7 Å². The summed E-state index contributed by atoms with van der Waals surface area (Å²) in [5.41, 5.74) is 1.25. The summed E-state index contributed by atoms with van der Waals surface area (Å²) in [6.45, 7) is 1.81. The summed E-state index contributed by atoms with van der Waals surface area (Å²) in [7, 11) is 1.32. The number of ether oxygens (including phenoxy) is 1. The number of aliphatic hydroxyl groups excluding tert-OH is 1. The molecule has 1 aromatic rings. The number of methoxy groups -OCH3 is 1. The molecule has 0 fully saturated rings. The summed E-state index contributed by atoms with van der Waals surface area (Å²) in [4.78, 5) is 22.6. The van der Waals surface area contributed by atoms with Gasteiger partial charge in [-0.1, -0.05) is 12.1 Å². The van der Waals surface area contributed by atoms with Crippen LogP contribution in [-0.4, -0.2) is 36.7 Å². The van der Waals surface area contributed by atoms with E-state index in [9.17, 15) is 9.59 Å². The molecule has 2 N–H and O–H groups in total. The van der Waals surface area contributed by atoms with Gasteiger partial charge in [-0.05, 0) is 30.7 Å². The predicted molar refractivity (Wildman–Crippen MR) is 71.5 cm³/mol. The lowest BCUT2D eigenvalue weighted by atomic mass is 10.1. The Morgan fingerprint density at radius 2 is 2.00 bits per heavy atom. The smallest absolute Gasteiger partial charge is 0.337 e. The minimum absolute atomic E-state index is 0.213. The molecule has 5 heteroatoms. The average Bonchev–Trinajstić information content (AvgIpc) is 2.42. The second kappa shape index (κ2) is 7.33. The lowest BCUT2D eigenvalue weighted by Crippen LogP contribution is -2.28. The molecule has 19 heavy (non-hydrogen) atoms. The molecule has 1 aromatic carbocycles. The second-order valence-electron chi connectivity index (χ2n) is 4.04. The molecule has 5 nitrogen and oxygen atoms in total. The van der Waals surface area contributed by atoms with Gasteiger partial charge in [-0.2, -0.15) is 0 Å². The number of benzene rings is 1. The van der Waals surface area contributed by atoms with E-state index in [4.69, 9.17) is 5.11 Å². The molecule has 0 aromatic heterocycles. The molecule has 0 saturated heterocycles. The summed E-state index contributed by atoms with van der Waals surface area (Å²) < 4.78 is 4.58. The molecular formula is C14H17NO4. The molecule has 0 spiro atoms. The first-order valence-electron chi connectivity index (χ1n) is 5.85. The number of aliphatic hydroxyl groups is 1. The van der Waals surface area contributed by atoms with Crippen molar-refractivity contribution in [2.24, 2.45) is 0 Å². The first-order valence-corrected chi connectivity index (χ1v) is 5.85. The molecule has 102 valence electrons. The van der Waals surface area contributed by atoms with E-state index in [-0.39, 0.29) is 12.5 Å². The summed E-state index contributed by atoms with van der Waals surface area (Å²) in [5, 5.41) is 11.6. The highest BCUT2D eigenvalue weighted by molar-refractivity contribution is 5.92. The first-order chi connectivity index (χ1) is 9.02. The van der Waals surface area contributed by atoms with Gasteiger partial charge in [0, 0.05) is 12.6 Å². The quantitative estimate of drug-likeness (QED) is 0.613. The van der Waals surface area contributed by atoms with Crippen LogP contribution < -0.4 is 5.32 Å². The Kier molecular flexibility index (Phi) is 5.75. The average molecular weight is 263 g/mol. The van der Waals surface area contributed by atoms with Crippen molar-refractivity contribution in [1.82, 2.24) is 5.32 Å². The number of esters is 1. The topological polar surface area (TPSA) is 75.6 Å². The van der Waals surface area contributed by atoms with Gasteiger partial charge in [0.15, 0.2) is 0 Å². The highest BCUT2D eigenvalue weighted by Gasteiger charge is 2.03. The normalized spacial score (nSPS) is 12.2. The Balaban J connectivity index is 2.57. The van der Waals surface area contributed by atoms with Gasteiger partial charge in [0.05, 0.1) is 18.8 Å². The van der Waals surface area contributed by atoms with Crippen molar-refractivity contribution in [2.45, 2.75) is 13.0 Å². The van der Waals surface area contributed by atoms with Crippen molar-refractivity contribution < 1.29 is 19.4 Å². The highest BCUT2D eigenvalue weighted by Crippen LogP contribution is 2.07. The molecule has 1 amide bonds. The van der Waals surface area contributed by atoms with Gasteiger partial charge >= 0.3 is 5.97 Å². The zero-order chi connectivity index (χ0) is 14.3. The summed E-state index contributed by atoms with van der Waals surface area (Å²) >= 11 is 0. The summed E-state index contributed by atoms with van der Waals surface area (Å²) in [6, 6.07) is 6.67. The Morgan fingerprint density at radius 3 is 2.53 bits per heavy atom. The van der Waals surface area contributed by atoms with Crippen LogP contribution in [-0.2, 0) is 9.53 Å². The molecule has 1 unspecified atom stereocenters. The standard InChI is InChI=1S/C14H17NO4/c1-10(16)9-15-13(17)8-5-11-3-6-12(7-4-11)14(18)19-2/h3-8,10,16H,9H2,1-2H3,(H,15,17)/b8-5+. The van der Waals surface area contributed by atoms with Gasteiger partial charge < -0.3 is 15.2 Å². The van der Waals surface area contributed by atoms with Crippen LogP contribution in [0.1, 0.15) is 22.8 Å². The van der Waals surface area contributed by atoms with E-state index in [1.165, 1.54) is 13.2 Å². The van der Waals surface area contributed by atoms with Crippen LogP contribution in [0.2, 0.25) is 0 Å². The van der Waals surface area contributed by atoms with Crippen LogP contribution in [0.4, 0.5) is 0 Å². The fraction of sp³-hybridized carbons (Fsp3) is 0.286. The van der Waals surface area contributed by atoms with Gasteiger partial charge in [-0.25, -0.2) is 4.79 Å². The molecule has 0 saturated carbocycles. The van der Waals surface area contributed by atoms with Crippen LogP contribution in [0, 0.1) is 0 Å². The van der Waals surface area contributed by atoms with E-state index in [1.807, 2.05) is 0 Å². The molecule has 0 aliphatic heterocycles. The SMILES string of the molecule is COC(=O)c1ccc(/C=C/C(=O)NCC(C)O)cc1. The zero-order valence-electron chi connectivity index (χ0n) is 10.9. The second-order valence-corrected chi connectivity index (χ2v) is 4.04. The molecule has 1 atom stereocenters. The van der Waals surface area contributed by atoms with E-state index < -0.39 is 12.1 Å². The molecular weight excluding hydrogens is 246 g/mol. The van der Waals surface area contributed by atoms with E-state index in [2.05, 4.69) is 10.1 Å². The molecule has 0 bridgehead atoms. The maximum Gasteiger partial charge on any atom is 0.337 e. The molecule has 0 heterocycles. The van der Waals surface area contributed by atoms with Gasteiger partial charge in [-0.15, -0.1) is 0 Å². The number of nitrogens with one attached hydrogen (secondary N) is 1. The van der Waals surface area contributed by atoms with E-state index in [0.29, 0.717) is 5.56 Å². The fourth-order valence-electron chi connectivity index (χ4n) is 1.33. The van der Waals surface area contributed by atoms with Crippen LogP contribution in [0.5, 0.6) is 0 Å². The lowest BCUT2D eigenvalue weighted by Gasteiger charge is -2.03. The Bertz CT molecular complexity index is 463. The van der Waals surface area contributed by atoms with Crippen molar-refractivity contribution in [3.05, 3.63) is 41.5 Å². The number of carbonyl (C=O) groups excluding carboxylic acids is 2. The summed E-state index contributed by atoms with van der Waals surface area (Å²) in [6.07, 6.45) is 2.42. The molecule has 1 rings (SSSR count). The van der Waals surface area contributed by atoms with Crippen LogP contribution >= 0.6 is 0 Å². The zero-order valence-corrected chi connectivity index (χ0v) is 10.9. The Morgan fingerprint density at radius 1 is 1.37 bits per heavy atom. The third-order valence-corrected chi connectivity index (χ3v) is 2.33. The van der Waals surface area contributed by atoms with E-state index >= 15 is 0 Å². The first kappa shape index (κ1) is 14.9. The maximum atomic E-state index is 11.4. The third-order valence-electron chi connectivity index (χ3n) is 2.33. The number of hydrogen-bond donors (Lipinski definition) is 2. The van der Waals surface area contributed by atoms with Crippen molar-refractivity contribution in [1.29, 1.82) is 0 Å². The summed E-state index contributed by atoms with van der Waals surface area (Å²) in [5.74, 6) is -0.678. The third kappa shape index (κ3) is 5.35. The lowest BCUT2D eigenvalue weighted by molar-refractivity contribution is -0.116. The number of hydrogen-bond acceptors (Lipinski definition) is 4. The van der Waals surface area contributed by atoms with Crippen molar-refractivity contribution in [3.63, 3.8) is 0 Å². The molecule has 0 aliphatic carbocycles. The van der Waals surface area contributed by atoms with Crippen molar-refractivity contribution in [3.8, 4) is 0 Å². The Hall–Kier alpha value is -2.14. The van der Waals surface area contributed by atoms with E-state index in [1.54, 1.807) is 37.3 Å². The number of amides is 1. The van der Waals surface area contributed by atoms with Crippen LogP contribution in [0.3, 0.4) is 0 Å². The van der Waals surface area contributed by atoms with Crippen molar-refractivity contribution >= 4 is 18.0 Å². The monoisotopic (exact) mass is 263 g/mol. The maximum absolute atomic E-state index is 11.4. The largest absolute Gasteiger partial charge is 0.465 e. The van der Waals surface area contributed by atoms with Crippen LogP contribution in [0.25, 0.3) is 6.08 Å². The minimum Gasteiger partial charge on any atom is -0.465 e. The predicted octanol–water partition coefficient (Wildman–Crippen LogP) is 0.983. The van der Waals surface area contributed by atoms with Crippen LogP contribution in [0.15, 0.2) is 30.3 Å². The van der Waals surface area contributed by atoms with E-state index in [0.717, 1.165) is 5.56 Å². The van der Waals surface area contributed by atoms with Gasteiger partial charge in [0.1, 0.15) is 0 Å². The van der Waals surface area contributed by atoms with Gasteiger partial charge in [-0.3, -0.25) is 4.79 Å². The minimum atomic E-state index is -0.573. The van der Waals surface area contributed by atoms with Gasteiger partial charge in [0.25, 0.3) is 0 Å². The number of carbonyl (C=O) groups is 2. The number of rotatable bonds is 5. The van der Waals surface area contributed by atoms with Gasteiger partial charge in [0.2, 0.25) is 5.91 Å². The Labute approximate surface area is 111 Å². The fourth-order valence-corrected chi connectivity index (χ4v) is 1.33. The highest BCUT2D eigenvalue weighted by atomic mass is 16.5. The molecule has 0 aliphatic rings. The molecule has 0 radical (unpaired) electrons.